The lowest BCUT2D eigenvalue weighted by Gasteiger charge is -2.22. The summed E-state index contributed by atoms with van der Waals surface area (Å²) < 4.78 is 350. The lowest BCUT2D eigenvalue weighted by atomic mass is 10.0. The zero-order chi connectivity index (χ0) is 92.4. The van der Waals surface area contributed by atoms with Gasteiger partial charge in [0, 0.05) is 139 Å². The second kappa shape index (κ2) is 53.4. The van der Waals surface area contributed by atoms with Crippen molar-refractivity contribution in [1.29, 1.82) is 0 Å². The van der Waals surface area contributed by atoms with Gasteiger partial charge in [0.1, 0.15) is 30.5 Å². The molecule has 10 rings (SSSR count). The lowest BCUT2D eigenvalue weighted by Crippen LogP contribution is -2.43. The van der Waals surface area contributed by atoms with Crippen molar-refractivity contribution < 1.29 is 193 Å². The number of carbonyl (C=O) groups excluding carboxylic acids is 4. The Kier molecular flexibility index (Phi) is 46.1. The Labute approximate surface area is 718 Å². The number of aliphatic hydroxyl groups excluding tert-OH is 2. The monoisotopic (exact) mass is 1910 g/mol. The zero-order valence-electron chi connectivity index (χ0n) is 67.0. The number of methoxy groups -OCH3 is 4. The third-order valence-electron chi connectivity index (χ3n) is 17.6. The van der Waals surface area contributed by atoms with Gasteiger partial charge in [-0.25, -0.2) is 87.8 Å². The van der Waals surface area contributed by atoms with E-state index in [1.807, 2.05) is 42.7 Å². The molecule has 13 unspecified atom stereocenters. The van der Waals surface area contributed by atoms with Crippen LogP contribution in [0.4, 0.5) is 87.8 Å². The number of nitrogens with zero attached hydrogens (tertiary/aromatic N) is 1. The molecule has 0 aliphatic carbocycles. The zero-order valence-corrected chi connectivity index (χ0v) is 70.3. The molecule has 6 aliphatic heterocycles. The summed E-state index contributed by atoms with van der Waals surface area (Å²) in [5.74, 6) is -39.3. The summed E-state index contributed by atoms with van der Waals surface area (Å²) in [7, 11) is 12.4. The number of halogens is 20. The maximum absolute atomic E-state index is 13.8. The Morgan fingerprint density at radius 1 is 0.440 bits per heavy atom. The average molecular weight is 1910 g/mol. The van der Waals surface area contributed by atoms with Crippen molar-refractivity contribution >= 4 is 66.8 Å². The van der Waals surface area contributed by atoms with Crippen LogP contribution in [0.2, 0.25) is 0 Å². The lowest BCUT2D eigenvalue weighted by molar-refractivity contribution is -0.228. The van der Waals surface area contributed by atoms with E-state index in [9.17, 15) is 107 Å². The summed E-state index contributed by atoms with van der Waals surface area (Å²) in [6.07, 6.45) is -16.4. The topological polar surface area (TPSA) is 309 Å². The van der Waals surface area contributed by atoms with Gasteiger partial charge >= 0.3 is 12.3 Å². The predicted octanol–water partition coefficient (Wildman–Crippen LogP) is 11.1. The number of rotatable bonds is 42. The highest BCUT2D eigenvalue weighted by atomic mass is 33.1. The molecule has 125 heavy (non-hydrogen) atoms. The molecule has 0 bridgehead atoms. The number of aliphatic hydroxyl groups is 2. The van der Waals surface area contributed by atoms with Gasteiger partial charge in [0.15, 0.2) is 59.1 Å². The molecule has 0 saturated carbocycles. The molecule has 0 radical (unpaired) electrons. The van der Waals surface area contributed by atoms with E-state index in [0.29, 0.717) is 33.4 Å². The second-order valence-electron chi connectivity index (χ2n) is 27.5. The van der Waals surface area contributed by atoms with Crippen molar-refractivity contribution in [2.75, 3.05) is 112 Å². The van der Waals surface area contributed by atoms with Crippen molar-refractivity contribution in [3.63, 3.8) is 0 Å². The van der Waals surface area contributed by atoms with Gasteiger partial charge in [0.2, 0.25) is 35.3 Å². The van der Waals surface area contributed by atoms with E-state index in [4.69, 9.17) is 86.0 Å². The number of benzene rings is 3. The average Bonchev–Trinajstić information content (AvgIpc) is 1.68. The van der Waals surface area contributed by atoms with E-state index >= 15 is 0 Å². The van der Waals surface area contributed by atoms with Gasteiger partial charge in [-0.15, -0.1) is 0 Å². The van der Waals surface area contributed by atoms with E-state index in [1.165, 1.54) is 19.1 Å². The summed E-state index contributed by atoms with van der Waals surface area (Å²) in [5.41, 5.74) is -2.36. The molecule has 13 atom stereocenters. The summed E-state index contributed by atoms with van der Waals surface area (Å²) in [6.45, 7) is -1.68. The van der Waals surface area contributed by atoms with Crippen molar-refractivity contribution in [2.24, 2.45) is 0 Å². The molecule has 7 heterocycles. The number of hydrogen-bond donors (Lipinski definition) is 6. The van der Waals surface area contributed by atoms with Crippen LogP contribution >= 0.6 is 43.2 Å². The van der Waals surface area contributed by atoms with Crippen molar-refractivity contribution in [2.45, 2.75) is 200 Å². The van der Waals surface area contributed by atoms with Crippen LogP contribution in [0.3, 0.4) is 0 Å². The Balaban J connectivity index is 0.000000258. The molecule has 27 nitrogen and oxygen atoms in total. The molecule has 0 spiro atoms. The van der Waals surface area contributed by atoms with Crippen molar-refractivity contribution in [3.05, 3.63) is 124 Å². The van der Waals surface area contributed by atoms with Gasteiger partial charge in [-0.3, -0.25) is 19.2 Å². The number of aromatic nitrogens is 1. The minimum atomic E-state index is -4.93. The Morgan fingerprint density at radius 2 is 0.776 bits per heavy atom. The van der Waals surface area contributed by atoms with Crippen LogP contribution in [0.1, 0.15) is 69.4 Å². The molecule has 4 aromatic rings. The van der Waals surface area contributed by atoms with E-state index in [0.717, 1.165) is 23.8 Å². The molecular formula is C74H93F20N5O22S4. The van der Waals surface area contributed by atoms with Crippen LogP contribution < -0.4 is 21.3 Å². The summed E-state index contributed by atoms with van der Waals surface area (Å²) >= 11 is 0. The number of hydrogen-bond acceptors (Lipinski definition) is 26. The van der Waals surface area contributed by atoms with Gasteiger partial charge in [0.05, 0.1) is 77.3 Å². The van der Waals surface area contributed by atoms with E-state index in [2.05, 4.69) is 38.0 Å². The molecular weight excluding hydrogens is 1820 g/mol. The molecule has 6 aliphatic rings. The molecule has 1 aromatic heterocycles. The Hall–Kier alpha value is -5.90. The fourth-order valence-corrected chi connectivity index (χ4v) is 15.8. The van der Waals surface area contributed by atoms with Crippen LogP contribution in [-0.2, 0) is 114 Å². The normalized spacial score (nSPS) is 23.7. The van der Waals surface area contributed by atoms with E-state index < -0.39 is 257 Å². The fourth-order valence-electron chi connectivity index (χ4n) is 11.3. The maximum Gasteiger partial charge on any atom is 0.313 e. The van der Waals surface area contributed by atoms with Crippen molar-refractivity contribution in [3.8, 4) is 0 Å². The highest BCUT2D eigenvalue weighted by molar-refractivity contribution is 8.77. The van der Waals surface area contributed by atoms with Gasteiger partial charge < -0.3 is 112 Å². The highest BCUT2D eigenvalue weighted by Crippen LogP contribution is 2.39. The first-order valence-electron chi connectivity index (χ1n) is 37.7. The quantitative estimate of drug-likeness (QED) is 0.00789. The first-order valence-corrected chi connectivity index (χ1v) is 42.5. The second-order valence-corrected chi connectivity index (χ2v) is 32.5. The van der Waals surface area contributed by atoms with Gasteiger partial charge in [-0.1, -0.05) is 61.4 Å². The largest absolute Gasteiger partial charge is 0.391 e. The first-order chi connectivity index (χ1) is 59.1. The fraction of sp³-hybridized carbons (Fsp3) is 0.649. The van der Waals surface area contributed by atoms with Crippen LogP contribution in [0.5, 0.6) is 0 Å². The summed E-state index contributed by atoms with van der Waals surface area (Å²) in [5, 5.41) is 26.7. The van der Waals surface area contributed by atoms with Crippen LogP contribution in [0, 0.1) is 58.2 Å². The van der Waals surface area contributed by atoms with E-state index in [1.54, 1.807) is 57.4 Å². The third-order valence-corrected chi connectivity index (χ3v) is 22.5. The number of carbonyl (C=O) groups is 4. The Bertz CT molecular complexity index is 3750. The van der Waals surface area contributed by atoms with Crippen molar-refractivity contribution in [1.82, 2.24) is 25.8 Å². The summed E-state index contributed by atoms with van der Waals surface area (Å²) in [4.78, 5) is 49.2. The van der Waals surface area contributed by atoms with Crippen LogP contribution in [0.15, 0.2) is 59.8 Å². The molecule has 4 amide bonds. The molecule has 6 fully saturated rings. The minimum Gasteiger partial charge on any atom is -0.391 e. The van der Waals surface area contributed by atoms with Gasteiger partial charge in [0.25, 0.3) is 43.7 Å². The number of alkyl halides is 10. The number of ether oxygens (including phenoxy) is 16. The first kappa shape index (κ1) is 108. The standard InChI is InChI=1S/C24H20F10N2O5.C20H28F10N2O5.C11H14O3S2.C10H18O6S2.C9H13NO3/c1-39-24-40-10(6-35-12(37)4-2-8-14(25)18(29)22(33)19(30)15(8)26)11(41-24)7-36-13(38)5-3-9-16(27)20(31)23(34)21(32)17(9)28;1-17(23,24)9-18(25,26)5-3-13(33)31-7-11-12(37-16(35-2)36-11)8-32-14(34)4-6-19(27,28)10-20(29,30)15(21)22;12-6-11-13-7-9(14-11)8-15-16-10-4-2-1-3-5-10;1-12-10-14-4-8(16-10)6-18-17-5-7-3-13-9(2-11)15-7;1-11-9-12-7-8(13-9)6-10-4-2-3-5-10/h10-11,24H,2-7H2,1H3,(H,35,37)(H,36,38);11-12,15-16H,3-10H2,1-2H3,(H,31,33)(H,32,34);1-5,9,11-12H,6-8H2;7-11H,2-6H2,1H3;2-5,8-9H,6-7H2,1H3. The molecule has 3 aromatic carbocycles. The van der Waals surface area contributed by atoms with Gasteiger partial charge in [-0.2, -0.15) is 0 Å². The molecule has 6 N–H and O–H groups in total. The smallest absolute Gasteiger partial charge is 0.313 e. The van der Waals surface area contributed by atoms with E-state index in [-0.39, 0.29) is 57.3 Å². The van der Waals surface area contributed by atoms with Crippen LogP contribution in [0.25, 0.3) is 0 Å². The summed E-state index contributed by atoms with van der Waals surface area (Å²) in [6, 6.07) is 14.2. The SMILES string of the molecule is COC1OC(CNC(=O)CCC(F)(F)CC(C)(F)F)C(CNC(=O)CCC(F)(F)CC(F)(F)C(F)F)O1.COC1OC(CNC(=O)CCc2c(F)c(F)c(F)c(F)c2F)C(CNC(=O)CCc2c(F)c(F)c(F)c(F)c2F)O1.COC1OCC(CSSCC2COC(CO)O2)O1.COC1OCC(Cn2cccc2)O1.OCC1OCC(CSSc2ccccc2)O1. The molecule has 51 heteroatoms. The third kappa shape index (κ3) is 37.5. The molecule has 710 valence electrons. The highest BCUT2D eigenvalue weighted by Gasteiger charge is 2.50. The molecule has 6 saturated heterocycles. The number of amides is 4. The maximum atomic E-state index is 13.8. The van der Waals surface area contributed by atoms with Crippen LogP contribution in [-0.4, -0.2) is 267 Å². The number of nitrogens with one attached hydrogen (secondary N) is 4. The Morgan fingerprint density at radius 3 is 1.13 bits per heavy atom. The predicted molar refractivity (Wildman–Crippen MR) is 402 cm³/mol. The van der Waals surface area contributed by atoms with Gasteiger partial charge in [-0.05, 0) is 44.0 Å². The minimum absolute atomic E-state index is 0.0621.